The zero-order valence-electron chi connectivity index (χ0n) is 20.7. The van der Waals surface area contributed by atoms with Gasteiger partial charge in [0.2, 0.25) is 0 Å². The Morgan fingerprint density at radius 1 is 0.941 bits per heavy atom. The molecule has 0 aliphatic carbocycles. The Hall–Kier alpha value is -2.90. The van der Waals surface area contributed by atoms with E-state index in [1.54, 1.807) is 45.0 Å². The number of rotatable bonds is 10. The molecule has 2 rings (SSSR count). The van der Waals surface area contributed by atoms with Crippen molar-refractivity contribution in [2.24, 2.45) is 23.3 Å². The minimum Gasteiger partial charge on any atom is -0.460 e. The molecular formula is C27H38N2O5. The highest BCUT2D eigenvalue weighted by Crippen LogP contribution is 2.38. The number of carbonyl (C=O) groups is 2. The molecule has 0 saturated heterocycles. The number of esters is 1. The van der Waals surface area contributed by atoms with E-state index in [0.29, 0.717) is 12.0 Å². The number of amides is 1. The molecule has 5 N–H and O–H groups in total. The van der Waals surface area contributed by atoms with Gasteiger partial charge in [0.05, 0.1) is 18.1 Å². The number of aliphatic hydroxyl groups is 1. The molecule has 0 aromatic heterocycles. The lowest BCUT2D eigenvalue weighted by atomic mass is 9.74. The normalized spacial score (nSPS) is 16.2. The molecule has 2 aromatic carbocycles. The van der Waals surface area contributed by atoms with E-state index < -0.39 is 41.3 Å². The maximum absolute atomic E-state index is 13.2. The van der Waals surface area contributed by atoms with Crippen LogP contribution in [0.2, 0.25) is 0 Å². The van der Waals surface area contributed by atoms with Crippen LogP contribution < -0.4 is 11.5 Å². The molecule has 0 aliphatic rings. The predicted octanol–water partition coefficient (Wildman–Crippen LogP) is 3.91. The Bertz CT molecular complexity index is 927. The third-order valence-corrected chi connectivity index (χ3v) is 5.58. The second kappa shape index (κ2) is 11.5. The number of benzene rings is 2. The van der Waals surface area contributed by atoms with Crippen LogP contribution in [0.5, 0.6) is 0 Å². The summed E-state index contributed by atoms with van der Waals surface area (Å²) in [5.41, 5.74) is 11.4. The van der Waals surface area contributed by atoms with Gasteiger partial charge in [0, 0.05) is 0 Å². The van der Waals surface area contributed by atoms with Crippen LogP contribution in [-0.2, 0) is 26.3 Å². The Morgan fingerprint density at radius 2 is 1.47 bits per heavy atom. The largest absolute Gasteiger partial charge is 0.460 e. The van der Waals surface area contributed by atoms with Crippen molar-refractivity contribution >= 4 is 12.1 Å². The van der Waals surface area contributed by atoms with Crippen molar-refractivity contribution in [1.29, 1.82) is 0 Å². The van der Waals surface area contributed by atoms with Gasteiger partial charge in [-0.3, -0.25) is 4.79 Å². The standard InChI is InChI=1S/C27H38N2O5/c1-18(2)17-27(34-25(29)32,20-14-10-7-11-15-20)23(28)22(30)21(24(31)33-26(3,4)5)16-19-12-8-6-9-13-19/h6-15,18,21-23,30H,16-17,28H2,1-5H3,(H2,29,32). The van der Waals surface area contributed by atoms with E-state index in [0.717, 1.165) is 5.56 Å². The average molecular weight is 471 g/mol. The SMILES string of the molecule is CC(C)CC(OC(N)=O)(c1ccccc1)C(N)C(O)C(Cc1ccccc1)C(=O)OC(C)(C)C. The number of hydrogen-bond acceptors (Lipinski definition) is 6. The first kappa shape index (κ1) is 27.3. The van der Waals surface area contributed by atoms with E-state index in [1.807, 2.05) is 50.2 Å². The van der Waals surface area contributed by atoms with Gasteiger partial charge in [-0.2, -0.15) is 0 Å². The highest BCUT2D eigenvalue weighted by Gasteiger charge is 2.49. The van der Waals surface area contributed by atoms with Crippen LogP contribution in [0, 0.1) is 11.8 Å². The van der Waals surface area contributed by atoms with E-state index in [-0.39, 0.29) is 12.3 Å². The highest BCUT2D eigenvalue weighted by atomic mass is 16.6. The smallest absolute Gasteiger partial charge is 0.405 e. The zero-order valence-corrected chi connectivity index (χ0v) is 20.7. The monoisotopic (exact) mass is 470 g/mol. The lowest BCUT2D eigenvalue weighted by molar-refractivity contribution is -0.167. The highest BCUT2D eigenvalue weighted by molar-refractivity contribution is 5.74. The van der Waals surface area contributed by atoms with E-state index in [2.05, 4.69) is 0 Å². The molecular weight excluding hydrogens is 432 g/mol. The van der Waals surface area contributed by atoms with Crippen LogP contribution >= 0.6 is 0 Å². The summed E-state index contributed by atoms with van der Waals surface area (Å²) in [5.74, 6) is -1.54. The maximum Gasteiger partial charge on any atom is 0.405 e. The van der Waals surface area contributed by atoms with Gasteiger partial charge in [-0.05, 0) is 50.7 Å². The summed E-state index contributed by atoms with van der Waals surface area (Å²) in [4.78, 5) is 25.3. The number of ether oxygens (including phenoxy) is 2. The van der Waals surface area contributed by atoms with Gasteiger partial charge in [-0.15, -0.1) is 0 Å². The maximum atomic E-state index is 13.2. The predicted molar refractivity (Wildman–Crippen MR) is 132 cm³/mol. The summed E-state index contributed by atoms with van der Waals surface area (Å²) in [7, 11) is 0. The molecule has 0 saturated carbocycles. The van der Waals surface area contributed by atoms with E-state index >= 15 is 0 Å². The van der Waals surface area contributed by atoms with E-state index in [4.69, 9.17) is 20.9 Å². The lowest BCUT2D eigenvalue weighted by Gasteiger charge is -2.43. The van der Waals surface area contributed by atoms with Gasteiger partial charge < -0.3 is 26.0 Å². The average Bonchev–Trinajstić information content (AvgIpc) is 2.75. The number of primary amides is 1. The fourth-order valence-corrected chi connectivity index (χ4v) is 4.24. The fraction of sp³-hybridized carbons (Fsp3) is 0.481. The third kappa shape index (κ3) is 7.30. The summed E-state index contributed by atoms with van der Waals surface area (Å²) in [5, 5.41) is 11.6. The molecule has 186 valence electrons. The second-order valence-electron chi connectivity index (χ2n) is 10.1. The van der Waals surface area contributed by atoms with Crippen LogP contribution in [0.4, 0.5) is 4.79 Å². The minimum atomic E-state index is -1.45. The van der Waals surface area contributed by atoms with Crippen LogP contribution in [-0.4, -0.2) is 34.9 Å². The van der Waals surface area contributed by atoms with Gasteiger partial charge in [-0.1, -0.05) is 74.5 Å². The summed E-state index contributed by atoms with van der Waals surface area (Å²) in [6.07, 6.45) is -1.91. The zero-order chi connectivity index (χ0) is 25.5. The van der Waals surface area contributed by atoms with Crippen LogP contribution in [0.25, 0.3) is 0 Å². The number of hydrogen-bond donors (Lipinski definition) is 3. The van der Waals surface area contributed by atoms with Gasteiger partial charge in [0.1, 0.15) is 5.60 Å². The Morgan fingerprint density at radius 3 is 1.94 bits per heavy atom. The molecule has 7 nitrogen and oxygen atoms in total. The molecule has 0 heterocycles. The van der Waals surface area contributed by atoms with Crippen molar-refractivity contribution in [2.45, 2.75) is 70.8 Å². The van der Waals surface area contributed by atoms with E-state index in [1.165, 1.54) is 0 Å². The molecule has 0 spiro atoms. The molecule has 4 atom stereocenters. The Kier molecular flexibility index (Phi) is 9.24. The molecule has 0 fully saturated rings. The first-order valence-electron chi connectivity index (χ1n) is 11.6. The molecule has 7 heteroatoms. The number of carbonyl (C=O) groups excluding carboxylic acids is 2. The Balaban J connectivity index is 2.56. The van der Waals surface area contributed by atoms with Crippen molar-refractivity contribution in [3.8, 4) is 0 Å². The van der Waals surface area contributed by atoms with Gasteiger partial charge >= 0.3 is 12.1 Å². The summed E-state index contributed by atoms with van der Waals surface area (Å²) < 4.78 is 11.3. The number of nitrogens with two attached hydrogens (primary N) is 2. The van der Waals surface area contributed by atoms with Gasteiger partial charge in [0.25, 0.3) is 0 Å². The summed E-state index contributed by atoms with van der Waals surface area (Å²) >= 11 is 0. The second-order valence-corrected chi connectivity index (χ2v) is 10.1. The van der Waals surface area contributed by atoms with Crippen LogP contribution in [0.1, 0.15) is 52.2 Å². The van der Waals surface area contributed by atoms with Crippen molar-refractivity contribution in [1.82, 2.24) is 0 Å². The molecule has 0 bridgehead atoms. The Labute approximate surface area is 202 Å². The topological polar surface area (TPSA) is 125 Å². The van der Waals surface area contributed by atoms with Crippen molar-refractivity contribution in [3.63, 3.8) is 0 Å². The van der Waals surface area contributed by atoms with Crippen LogP contribution in [0.3, 0.4) is 0 Å². The van der Waals surface area contributed by atoms with Gasteiger partial charge in [0.15, 0.2) is 5.60 Å². The summed E-state index contributed by atoms with van der Waals surface area (Å²) in [6, 6.07) is 17.1. The van der Waals surface area contributed by atoms with Crippen LogP contribution in [0.15, 0.2) is 60.7 Å². The minimum absolute atomic E-state index is 0.0342. The fourth-order valence-electron chi connectivity index (χ4n) is 4.24. The summed E-state index contributed by atoms with van der Waals surface area (Å²) in [6.45, 7) is 9.20. The van der Waals surface area contributed by atoms with Gasteiger partial charge in [-0.25, -0.2) is 4.79 Å². The molecule has 34 heavy (non-hydrogen) atoms. The molecule has 4 unspecified atom stereocenters. The molecule has 0 aliphatic heterocycles. The molecule has 1 amide bonds. The van der Waals surface area contributed by atoms with Crippen molar-refractivity contribution in [3.05, 3.63) is 71.8 Å². The number of aliphatic hydroxyl groups excluding tert-OH is 1. The first-order valence-corrected chi connectivity index (χ1v) is 11.6. The van der Waals surface area contributed by atoms with E-state index in [9.17, 15) is 14.7 Å². The first-order chi connectivity index (χ1) is 15.9. The molecule has 2 aromatic rings. The molecule has 0 radical (unpaired) electrons. The third-order valence-electron chi connectivity index (χ3n) is 5.58. The quantitative estimate of drug-likeness (QED) is 0.452. The van der Waals surface area contributed by atoms with Crippen molar-refractivity contribution in [2.75, 3.05) is 0 Å². The lowest BCUT2D eigenvalue weighted by Crippen LogP contribution is -2.59. The van der Waals surface area contributed by atoms with Crippen molar-refractivity contribution < 1.29 is 24.2 Å².